The van der Waals surface area contributed by atoms with Crippen LogP contribution in [0.3, 0.4) is 0 Å². The minimum atomic E-state index is 0.245. The van der Waals surface area contributed by atoms with Gasteiger partial charge in [0, 0.05) is 16.7 Å². The number of rotatable bonds is 6. The lowest BCUT2D eigenvalue weighted by molar-refractivity contribution is -0.00516. The lowest BCUT2D eigenvalue weighted by Crippen LogP contribution is -2.48. The van der Waals surface area contributed by atoms with Crippen molar-refractivity contribution in [2.45, 2.75) is 43.9 Å². The summed E-state index contributed by atoms with van der Waals surface area (Å²) < 4.78 is 0. The molecule has 0 spiro atoms. The molecule has 48 heavy (non-hydrogen) atoms. The van der Waals surface area contributed by atoms with Crippen molar-refractivity contribution in [3.63, 3.8) is 0 Å². The van der Waals surface area contributed by atoms with Gasteiger partial charge in [-0.2, -0.15) is 5.26 Å². The van der Waals surface area contributed by atoms with E-state index in [1.165, 1.54) is 44.1 Å². The molecule has 0 unspecified atom stereocenters. The summed E-state index contributed by atoms with van der Waals surface area (Å²) in [5, 5.41) is 9.48. The van der Waals surface area contributed by atoms with Crippen LogP contribution >= 0.6 is 0 Å². The molecule has 5 aromatic carbocycles. The Kier molecular flexibility index (Phi) is 7.01. The zero-order valence-corrected chi connectivity index (χ0v) is 26.9. The first-order chi connectivity index (χ1) is 23.6. The summed E-state index contributed by atoms with van der Waals surface area (Å²) in [5.41, 5.74) is 9.80. The van der Waals surface area contributed by atoms with Crippen LogP contribution in [-0.4, -0.2) is 15.0 Å². The van der Waals surface area contributed by atoms with Crippen molar-refractivity contribution < 1.29 is 0 Å². The standard InChI is InChI=1S/C44H36N4/c45-28-29-15-17-33(18-16-29)37-13-7-8-14-38(37)40-24-36(44-25-30-21-31(26-44)23-32(22-30)27-44)19-20-39(40)43-47-41(34-9-3-1-4-10-34)46-42(48-43)35-11-5-2-6-12-35/h1-20,24,30-32H,21-23,25-27H2/t30-,31+,32-,44?. The molecule has 4 bridgehead atoms. The van der Waals surface area contributed by atoms with Gasteiger partial charge in [-0.15, -0.1) is 0 Å². The van der Waals surface area contributed by atoms with Crippen molar-refractivity contribution in [2.75, 3.05) is 0 Å². The van der Waals surface area contributed by atoms with E-state index in [4.69, 9.17) is 15.0 Å². The molecule has 10 rings (SSSR count). The summed E-state index contributed by atoms with van der Waals surface area (Å²) in [6.45, 7) is 0. The fourth-order valence-corrected chi connectivity index (χ4v) is 9.38. The van der Waals surface area contributed by atoms with Gasteiger partial charge >= 0.3 is 0 Å². The first-order valence-corrected chi connectivity index (χ1v) is 17.3. The number of nitrogens with zero attached hydrogens (tertiary/aromatic N) is 4. The number of hydrogen-bond donors (Lipinski definition) is 0. The SMILES string of the molecule is N#Cc1ccc(-c2ccccc2-c2cc(C34C[C@H]5C[C@@H](C3)C[C@@H](C4)C5)ccc2-c2nc(-c3ccccc3)nc(-c3ccccc3)n2)cc1. The molecule has 4 heteroatoms. The molecule has 4 fully saturated rings. The van der Waals surface area contributed by atoms with Gasteiger partial charge in [-0.05, 0) is 108 Å². The molecule has 0 saturated heterocycles. The summed E-state index contributed by atoms with van der Waals surface area (Å²) in [4.78, 5) is 15.3. The Hall–Kier alpha value is -5.40. The topological polar surface area (TPSA) is 62.5 Å². The number of aromatic nitrogens is 3. The normalized spacial score (nSPS) is 22.4. The quantitative estimate of drug-likeness (QED) is 0.186. The second-order valence-electron chi connectivity index (χ2n) is 14.2. The highest BCUT2D eigenvalue weighted by atomic mass is 15.0. The molecule has 4 aliphatic rings. The average molecular weight is 621 g/mol. The molecule has 4 aliphatic carbocycles. The fourth-order valence-electron chi connectivity index (χ4n) is 9.38. The molecule has 4 saturated carbocycles. The summed E-state index contributed by atoms with van der Waals surface area (Å²) in [5.74, 6) is 4.57. The molecule has 0 atom stereocenters. The Morgan fingerprint density at radius 1 is 0.479 bits per heavy atom. The van der Waals surface area contributed by atoms with Crippen molar-refractivity contribution in [3.05, 3.63) is 139 Å². The molecule has 0 aliphatic heterocycles. The van der Waals surface area contributed by atoms with E-state index in [1.807, 2.05) is 48.5 Å². The highest BCUT2D eigenvalue weighted by Crippen LogP contribution is 2.61. The Morgan fingerprint density at radius 2 is 1.00 bits per heavy atom. The van der Waals surface area contributed by atoms with Crippen LogP contribution in [0.15, 0.2) is 127 Å². The van der Waals surface area contributed by atoms with E-state index in [9.17, 15) is 5.26 Å². The molecule has 232 valence electrons. The van der Waals surface area contributed by atoms with Crippen molar-refractivity contribution in [1.29, 1.82) is 5.26 Å². The summed E-state index contributed by atoms with van der Waals surface area (Å²) in [6.07, 6.45) is 8.16. The highest BCUT2D eigenvalue weighted by Gasteiger charge is 2.51. The first kappa shape index (κ1) is 28.8. The van der Waals surface area contributed by atoms with Crippen molar-refractivity contribution in [2.24, 2.45) is 17.8 Å². The van der Waals surface area contributed by atoms with E-state index >= 15 is 0 Å². The van der Waals surface area contributed by atoms with E-state index in [0.29, 0.717) is 23.0 Å². The molecule has 1 heterocycles. The van der Waals surface area contributed by atoms with E-state index in [1.54, 1.807) is 0 Å². The summed E-state index contributed by atoms with van der Waals surface area (Å²) in [6, 6.07) is 46.4. The minimum Gasteiger partial charge on any atom is -0.208 e. The van der Waals surface area contributed by atoms with Gasteiger partial charge in [0.25, 0.3) is 0 Å². The lowest BCUT2D eigenvalue weighted by Gasteiger charge is -2.57. The highest BCUT2D eigenvalue weighted by molar-refractivity contribution is 5.91. The summed E-state index contributed by atoms with van der Waals surface area (Å²) >= 11 is 0. The molecule has 0 N–H and O–H groups in total. The van der Waals surface area contributed by atoms with E-state index in [-0.39, 0.29) is 5.41 Å². The Morgan fingerprint density at radius 3 is 1.56 bits per heavy atom. The molecular formula is C44H36N4. The lowest BCUT2D eigenvalue weighted by atomic mass is 9.48. The maximum absolute atomic E-state index is 9.48. The summed E-state index contributed by atoms with van der Waals surface area (Å²) in [7, 11) is 0. The monoisotopic (exact) mass is 620 g/mol. The largest absolute Gasteiger partial charge is 0.208 e. The molecular weight excluding hydrogens is 585 g/mol. The van der Waals surface area contributed by atoms with E-state index < -0.39 is 0 Å². The molecule has 1 aromatic heterocycles. The maximum Gasteiger partial charge on any atom is 0.164 e. The van der Waals surface area contributed by atoms with Crippen LogP contribution in [0.5, 0.6) is 0 Å². The minimum absolute atomic E-state index is 0.245. The Balaban J connectivity index is 1.27. The smallest absolute Gasteiger partial charge is 0.164 e. The van der Waals surface area contributed by atoms with Crippen LogP contribution < -0.4 is 0 Å². The third kappa shape index (κ3) is 5.11. The fraction of sp³-hybridized carbons (Fsp3) is 0.227. The van der Waals surface area contributed by atoms with Gasteiger partial charge < -0.3 is 0 Å². The van der Waals surface area contributed by atoms with Crippen LogP contribution in [0.1, 0.15) is 49.7 Å². The van der Waals surface area contributed by atoms with Crippen LogP contribution in [0.4, 0.5) is 0 Å². The number of benzene rings is 5. The molecule has 0 amide bonds. The van der Waals surface area contributed by atoms with Crippen LogP contribution in [0, 0.1) is 29.1 Å². The maximum atomic E-state index is 9.48. The molecule has 6 aromatic rings. The van der Waals surface area contributed by atoms with Crippen LogP contribution in [0.2, 0.25) is 0 Å². The molecule has 0 radical (unpaired) electrons. The molecule has 4 nitrogen and oxygen atoms in total. The van der Waals surface area contributed by atoms with Gasteiger partial charge in [0.15, 0.2) is 17.5 Å². The second-order valence-corrected chi connectivity index (χ2v) is 14.2. The van der Waals surface area contributed by atoms with Crippen molar-refractivity contribution >= 4 is 0 Å². The zero-order valence-electron chi connectivity index (χ0n) is 26.9. The van der Waals surface area contributed by atoms with Gasteiger partial charge in [0.1, 0.15) is 0 Å². The first-order valence-electron chi connectivity index (χ1n) is 17.3. The average Bonchev–Trinajstić information content (AvgIpc) is 3.14. The van der Waals surface area contributed by atoms with Gasteiger partial charge in [-0.3, -0.25) is 0 Å². The number of hydrogen-bond acceptors (Lipinski definition) is 4. The third-order valence-electron chi connectivity index (χ3n) is 11.2. The number of nitriles is 1. The van der Waals surface area contributed by atoms with E-state index in [2.05, 4.69) is 84.9 Å². The van der Waals surface area contributed by atoms with Gasteiger partial charge in [-0.25, -0.2) is 15.0 Å². The third-order valence-corrected chi connectivity index (χ3v) is 11.2. The predicted octanol–water partition coefficient (Wildman–Crippen LogP) is 10.5. The predicted molar refractivity (Wildman–Crippen MR) is 192 cm³/mol. The second kappa shape index (κ2) is 11.7. The van der Waals surface area contributed by atoms with Gasteiger partial charge in [0.2, 0.25) is 0 Å². The van der Waals surface area contributed by atoms with E-state index in [0.717, 1.165) is 56.7 Å². The van der Waals surface area contributed by atoms with Gasteiger partial charge in [-0.1, -0.05) is 109 Å². The van der Waals surface area contributed by atoms with Crippen molar-refractivity contribution in [3.8, 4) is 62.5 Å². The Bertz CT molecular complexity index is 2070. The Labute approximate surface area is 282 Å². The van der Waals surface area contributed by atoms with Crippen molar-refractivity contribution in [1.82, 2.24) is 15.0 Å². The van der Waals surface area contributed by atoms with Crippen LogP contribution in [-0.2, 0) is 5.41 Å². The van der Waals surface area contributed by atoms with Crippen LogP contribution in [0.25, 0.3) is 56.4 Å². The zero-order chi connectivity index (χ0) is 32.1. The van der Waals surface area contributed by atoms with Gasteiger partial charge in [0.05, 0.1) is 11.6 Å².